The van der Waals surface area contributed by atoms with Crippen LogP contribution in [0.2, 0.25) is 0 Å². The molecule has 1 aliphatic carbocycles. The second-order valence-electron chi connectivity index (χ2n) is 5.28. The molecule has 0 saturated heterocycles. The van der Waals surface area contributed by atoms with Gasteiger partial charge in [0, 0.05) is 25.6 Å². The van der Waals surface area contributed by atoms with Crippen molar-refractivity contribution in [1.82, 2.24) is 10.2 Å². The van der Waals surface area contributed by atoms with Gasteiger partial charge in [-0.25, -0.2) is 4.79 Å². The van der Waals surface area contributed by atoms with Crippen LogP contribution in [-0.2, 0) is 4.79 Å². The molecular formula is C14H26N2O3. The highest BCUT2D eigenvalue weighted by Crippen LogP contribution is 2.23. The minimum atomic E-state index is -0.802. The lowest BCUT2D eigenvalue weighted by atomic mass is 10.0. The smallest absolute Gasteiger partial charge is 0.317 e. The van der Waals surface area contributed by atoms with Crippen LogP contribution in [0.1, 0.15) is 52.4 Å². The summed E-state index contributed by atoms with van der Waals surface area (Å²) >= 11 is 0. The van der Waals surface area contributed by atoms with E-state index in [9.17, 15) is 9.59 Å². The standard InChI is InChI=1S/C14H26N2O3/c1-3-11(9-13(17)18)10-15-14(19)16(4-2)12-7-5-6-8-12/h11-12H,3-10H2,1-2H3,(H,15,19)(H,17,18). The molecule has 2 amide bonds. The summed E-state index contributed by atoms with van der Waals surface area (Å²) < 4.78 is 0. The van der Waals surface area contributed by atoms with Crippen molar-refractivity contribution in [3.05, 3.63) is 0 Å². The molecule has 5 nitrogen and oxygen atoms in total. The molecule has 0 aliphatic heterocycles. The highest BCUT2D eigenvalue weighted by molar-refractivity contribution is 5.74. The fraction of sp³-hybridized carbons (Fsp3) is 0.857. The Morgan fingerprint density at radius 3 is 2.42 bits per heavy atom. The maximum Gasteiger partial charge on any atom is 0.317 e. The van der Waals surface area contributed by atoms with Crippen molar-refractivity contribution in [2.24, 2.45) is 5.92 Å². The lowest BCUT2D eigenvalue weighted by Crippen LogP contribution is -2.46. The molecule has 1 saturated carbocycles. The lowest BCUT2D eigenvalue weighted by molar-refractivity contribution is -0.138. The van der Waals surface area contributed by atoms with Crippen LogP contribution in [0.4, 0.5) is 4.79 Å². The number of nitrogens with one attached hydrogen (secondary N) is 1. The molecule has 0 aromatic heterocycles. The number of carboxylic acid groups (broad SMARTS) is 1. The lowest BCUT2D eigenvalue weighted by Gasteiger charge is -2.28. The van der Waals surface area contributed by atoms with E-state index in [0.717, 1.165) is 19.3 Å². The van der Waals surface area contributed by atoms with Gasteiger partial charge in [-0.05, 0) is 25.7 Å². The number of amides is 2. The van der Waals surface area contributed by atoms with Crippen molar-refractivity contribution in [2.45, 2.75) is 58.4 Å². The average molecular weight is 270 g/mol. The predicted molar refractivity (Wildman–Crippen MR) is 74.1 cm³/mol. The summed E-state index contributed by atoms with van der Waals surface area (Å²) in [6.07, 6.45) is 5.46. The highest BCUT2D eigenvalue weighted by Gasteiger charge is 2.25. The summed E-state index contributed by atoms with van der Waals surface area (Å²) in [6, 6.07) is 0.322. The number of rotatable bonds is 7. The van der Waals surface area contributed by atoms with Gasteiger partial charge >= 0.3 is 12.0 Å². The Morgan fingerprint density at radius 2 is 1.95 bits per heavy atom. The topological polar surface area (TPSA) is 69.6 Å². The van der Waals surface area contributed by atoms with Gasteiger partial charge in [-0.3, -0.25) is 4.79 Å². The van der Waals surface area contributed by atoms with Crippen LogP contribution in [0.3, 0.4) is 0 Å². The summed E-state index contributed by atoms with van der Waals surface area (Å²) in [6.45, 7) is 5.11. The van der Waals surface area contributed by atoms with Gasteiger partial charge in [0.2, 0.25) is 0 Å². The van der Waals surface area contributed by atoms with Crippen molar-refractivity contribution < 1.29 is 14.7 Å². The summed E-state index contributed by atoms with van der Waals surface area (Å²) in [7, 11) is 0. The van der Waals surface area contributed by atoms with Crippen molar-refractivity contribution in [3.8, 4) is 0 Å². The molecule has 0 bridgehead atoms. The van der Waals surface area contributed by atoms with Gasteiger partial charge in [0.15, 0.2) is 0 Å². The van der Waals surface area contributed by atoms with Gasteiger partial charge in [0.05, 0.1) is 0 Å². The van der Waals surface area contributed by atoms with E-state index >= 15 is 0 Å². The van der Waals surface area contributed by atoms with Crippen molar-refractivity contribution in [2.75, 3.05) is 13.1 Å². The molecule has 2 N–H and O–H groups in total. The van der Waals surface area contributed by atoms with E-state index in [-0.39, 0.29) is 18.4 Å². The van der Waals surface area contributed by atoms with E-state index in [4.69, 9.17) is 5.11 Å². The third-order valence-corrected chi connectivity index (χ3v) is 3.95. The number of aliphatic carboxylic acids is 1. The maximum absolute atomic E-state index is 12.1. The van der Waals surface area contributed by atoms with Crippen molar-refractivity contribution in [3.63, 3.8) is 0 Å². The fourth-order valence-electron chi connectivity index (χ4n) is 2.72. The number of carbonyl (C=O) groups is 2. The molecule has 1 rings (SSSR count). The molecular weight excluding hydrogens is 244 g/mol. The van der Waals surface area contributed by atoms with E-state index in [2.05, 4.69) is 5.32 Å². The molecule has 5 heteroatoms. The average Bonchev–Trinajstić information content (AvgIpc) is 2.88. The minimum absolute atomic E-state index is 0.0173. The first kappa shape index (κ1) is 15.8. The molecule has 19 heavy (non-hydrogen) atoms. The fourth-order valence-corrected chi connectivity index (χ4v) is 2.72. The third-order valence-electron chi connectivity index (χ3n) is 3.95. The number of hydrogen-bond donors (Lipinski definition) is 2. The zero-order chi connectivity index (χ0) is 14.3. The number of urea groups is 1. The molecule has 0 aromatic carbocycles. The quantitative estimate of drug-likeness (QED) is 0.746. The van der Waals surface area contributed by atoms with Gasteiger partial charge in [-0.1, -0.05) is 26.2 Å². The molecule has 1 aliphatic rings. The van der Waals surface area contributed by atoms with Crippen molar-refractivity contribution in [1.29, 1.82) is 0 Å². The Bertz CT molecular complexity index is 301. The summed E-state index contributed by atoms with van der Waals surface area (Å²) in [5.41, 5.74) is 0. The Morgan fingerprint density at radius 1 is 1.32 bits per heavy atom. The van der Waals surface area contributed by atoms with E-state index in [1.165, 1.54) is 12.8 Å². The second kappa shape index (κ2) is 8.02. The third kappa shape index (κ3) is 5.09. The summed E-state index contributed by atoms with van der Waals surface area (Å²) in [4.78, 5) is 24.7. The highest BCUT2D eigenvalue weighted by atomic mass is 16.4. The summed E-state index contributed by atoms with van der Waals surface area (Å²) in [5.74, 6) is -0.784. The molecule has 1 unspecified atom stereocenters. The molecule has 0 radical (unpaired) electrons. The normalized spacial score (nSPS) is 17.2. The van der Waals surface area contributed by atoms with Crippen LogP contribution in [0, 0.1) is 5.92 Å². The van der Waals surface area contributed by atoms with Crippen LogP contribution in [0.15, 0.2) is 0 Å². The van der Waals surface area contributed by atoms with Crippen molar-refractivity contribution >= 4 is 12.0 Å². The second-order valence-corrected chi connectivity index (χ2v) is 5.28. The first-order chi connectivity index (χ1) is 9.08. The molecule has 0 spiro atoms. The van der Waals surface area contributed by atoms with Crippen LogP contribution >= 0.6 is 0 Å². The molecule has 0 aromatic rings. The van der Waals surface area contributed by atoms with Gasteiger partial charge in [-0.2, -0.15) is 0 Å². The predicted octanol–water partition coefficient (Wildman–Crippen LogP) is 2.46. The first-order valence-electron chi connectivity index (χ1n) is 7.34. The van der Waals surface area contributed by atoms with Gasteiger partial charge in [-0.15, -0.1) is 0 Å². The minimum Gasteiger partial charge on any atom is -0.481 e. The Balaban J connectivity index is 2.41. The number of hydrogen-bond acceptors (Lipinski definition) is 2. The maximum atomic E-state index is 12.1. The van der Waals surface area contributed by atoms with E-state index < -0.39 is 5.97 Å². The van der Waals surface area contributed by atoms with Crippen LogP contribution in [0.25, 0.3) is 0 Å². The number of carboxylic acids is 1. The largest absolute Gasteiger partial charge is 0.481 e. The molecule has 110 valence electrons. The Labute approximate surface area is 115 Å². The van der Waals surface area contributed by atoms with Crippen LogP contribution < -0.4 is 5.32 Å². The SMILES string of the molecule is CCC(CNC(=O)N(CC)C1CCCC1)CC(=O)O. The van der Waals surface area contributed by atoms with Crippen LogP contribution in [0.5, 0.6) is 0 Å². The Kier molecular flexibility index (Phi) is 6.67. The van der Waals surface area contributed by atoms with Gasteiger partial charge < -0.3 is 15.3 Å². The van der Waals surface area contributed by atoms with E-state index in [1.54, 1.807) is 0 Å². The van der Waals surface area contributed by atoms with E-state index in [1.807, 2.05) is 18.7 Å². The van der Waals surface area contributed by atoms with E-state index in [0.29, 0.717) is 19.1 Å². The monoisotopic (exact) mass is 270 g/mol. The number of nitrogens with zero attached hydrogens (tertiary/aromatic N) is 1. The van der Waals surface area contributed by atoms with Crippen LogP contribution in [-0.4, -0.2) is 41.1 Å². The van der Waals surface area contributed by atoms with Gasteiger partial charge in [0.1, 0.15) is 0 Å². The van der Waals surface area contributed by atoms with Gasteiger partial charge in [0.25, 0.3) is 0 Å². The zero-order valence-electron chi connectivity index (χ0n) is 12.0. The summed E-state index contributed by atoms with van der Waals surface area (Å²) in [5, 5.41) is 11.7. The Hall–Kier alpha value is -1.26. The molecule has 1 atom stereocenters. The number of carbonyl (C=O) groups excluding carboxylic acids is 1. The molecule has 1 fully saturated rings. The molecule has 0 heterocycles. The first-order valence-corrected chi connectivity index (χ1v) is 7.34. The zero-order valence-corrected chi connectivity index (χ0v) is 12.0.